The average Bonchev–Trinajstić information content (AvgIpc) is 3.38. The number of nitrogens with one attached hydrogen (secondary N) is 1. The van der Waals surface area contributed by atoms with E-state index in [1.54, 1.807) is 12.1 Å². The van der Waals surface area contributed by atoms with Crippen molar-refractivity contribution >= 4 is 23.1 Å². The van der Waals surface area contributed by atoms with Crippen molar-refractivity contribution in [1.29, 1.82) is 0 Å². The van der Waals surface area contributed by atoms with E-state index in [9.17, 15) is 9.59 Å². The van der Waals surface area contributed by atoms with Gasteiger partial charge in [-0.1, -0.05) is 30.3 Å². The summed E-state index contributed by atoms with van der Waals surface area (Å²) < 4.78 is 7.78. The van der Waals surface area contributed by atoms with Crippen LogP contribution in [0.1, 0.15) is 50.9 Å². The second-order valence-corrected chi connectivity index (χ2v) is 7.35. The van der Waals surface area contributed by atoms with Crippen LogP contribution in [0.15, 0.2) is 48.5 Å². The van der Waals surface area contributed by atoms with Crippen molar-refractivity contribution < 1.29 is 19.2 Å². The van der Waals surface area contributed by atoms with Gasteiger partial charge in [0.25, 0.3) is 5.91 Å². The van der Waals surface area contributed by atoms with Crippen molar-refractivity contribution in [3.8, 4) is 0 Å². The molecule has 2 atom stereocenters. The normalized spacial score (nSPS) is 17.4. The molecule has 1 unspecified atom stereocenters. The highest BCUT2D eigenvalue weighted by Gasteiger charge is 2.31. The smallest absolute Gasteiger partial charge is 0.274 e. The maximum atomic E-state index is 12.5. The molecule has 1 aliphatic heterocycles. The van der Waals surface area contributed by atoms with E-state index in [1.807, 2.05) is 54.9 Å². The van der Waals surface area contributed by atoms with Crippen molar-refractivity contribution in [2.24, 2.45) is 7.05 Å². The molecule has 0 spiro atoms. The third-order valence-corrected chi connectivity index (χ3v) is 5.57. The Hall–Kier alpha value is -2.96. The molecule has 1 aromatic heterocycles. The fraction of sp³-hybridized carbons (Fsp3) is 0.304. The van der Waals surface area contributed by atoms with Crippen LogP contribution in [0, 0.1) is 6.92 Å². The lowest BCUT2D eigenvalue weighted by Crippen LogP contribution is -2.31. The zero-order valence-corrected chi connectivity index (χ0v) is 16.6. The minimum atomic E-state index is -0.441. The molecule has 150 valence electrons. The first-order valence-corrected chi connectivity index (χ1v) is 9.77. The van der Waals surface area contributed by atoms with Gasteiger partial charge in [0.1, 0.15) is 6.10 Å². The molecule has 1 amide bonds. The number of benzene rings is 2. The topological polar surface area (TPSA) is 69.6 Å². The highest BCUT2D eigenvalue weighted by Crippen LogP contribution is 2.35. The third-order valence-electron chi connectivity index (χ3n) is 5.57. The van der Waals surface area contributed by atoms with E-state index in [0.29, 0.717) is 17.9 Å². The quantitative estimate of drug-likeness (QED) is 0.511. The van der Waals surface area contributed by atoms with Gasteiger partial charge < -0.3 is 9.30 Å². The largest absolute Gasteiger partial charge is 0.375 e. The number of ether oxygens (including phenoxy) is 1. The third kappa shape index (κ3) is 3.69. The highest BCUT2D eigenvalue weighted by atomic mass is 16.7. The fourth-order valence-electron chi connectivity index (χ4n) is 4.05. The van der Waals surface area contributed by atoms with Crippen LogP contribution in [-0.4, -0.2) is 29.5 Å². The first-order valence-electron chi connectivity index (χ1n) is 9.77. The van der Waals surface area contributed by atoms with Gasteiger partial charge >= 0.3 is 0 Å². The molecule has 0 bridgehead atoms. The van der Waals surface area contributed by atoms with Crippen molar-refractivity contribution in [2.45, 2.75) is 32.0 Å². The van der Waals surface area contributed by atoms with E-state index in [-0.39, 0.29) is 12.0 Å². The zero-order valence-electron chi connectivity index (χ0n) is 16.6. The molecular formula is C23H24N2O4. The molecule has 6 heteroatoms. The fourth-order valence-corrected chi connectivity index (χ4v) is 4.05. The molecule has 1 aliphatic rings. The number of amides is 1. The molecule has 0 saturated carbocycles. The van der Waals surface area contributed by atoms with E-state index in [1.165, 1.54) is 0 Å². The minimum Gasteiger partial charge on any atom is -0.375 e. The summed E-state index contributed by atoms with van der Waals surface area (Å²) in [6, 6.07) is 14.8. The Morgan fingerprint density at radius 1 is 1.28 bits per heavy atom. The highest BCUT2D eigenvalue weighted by molar-refractivity contribution is 5.93. The summed E-state index contributed by atoms with van der Waals surface area (Å²) in [4.78, 5) is 29.7. The molecule has 0 radical (unpaired) electrons. The summed E-state index contributed by atoms with van der Waals surface area (Å²) in [5.41, 5.74) is 6.67. The number of aldehydes is 1. The number of rotatable bonds is 6. The lowest BCUT2D eigenvalue weighted by molar-refractivity contribution is -0.0851. The van der Waals surface area contributed by atoms with Crippen LogP contribution in [0.3, 0.4) is 0 Å². The van der Waals surface area contributed by atoms with Gasteiger partial charge in [-0.25, -0.2) is 5.48 Å². The Morgan fingerprint density at radius 3 is 2.76 bits per heavy atom. The summed E-state index contributed by atoms with van der Waals surface area (Å²) in [5, 5.41) is 0.996. The molecule has 4 rings (SSSR count). The number of carbonyl (C=O) groups excluding carboxylic acids is 2. The Labute approximate surface area is 169 Å². The number of hydrogen-bond acceptors (Lipinski definition) is 4. The molecule has 0 aliphatic carbocycles. The monoisotopic (exact) mass is 392 g/mol. The van der Waals surface area contributed by atoms with Crippen LogP contribution in [0.2, 0.25) is 0 Å². The molecule has 1 saturated heterocycles. The lowest BCUT2D eigenvalue weighted by atomic mass is 9.96. The van der Waals surface area contributed by atoms with Crippen LogP contribution < -0.4 is 5.48 Å². The van der Waals surface area contributed by atoms with Gasteiger partial charge in [-0.05, 0) is 49.1 Å². The van der Waals surface area contributed by atoms with Gasteiger partial charge in [0, 0.05) is 24.6 Å². The first-order chi connectivity index (χ1) is 14.1. The van der Waals surface area contributed by atoms with E-state index < -0.39 is 6.10 Å². The summed E-state index contributed by atoms with van der Waals surface area (Å²) in [6.07, 6.45) is 2.08. The van der Waals surface area contributed by atoms with Crippen LogP contribution in [0.5, 0.6) is 0 Å². The van der Waals surface area contributed by atoms with Gasteiger partial charge in [0.15, 0.2) is 6.29 Å². The van der Waals surface area contributed by atoms with E-state index in [4.69, 9.17) is 9.57 Å². The van der Waals surface area contributed by atoms with Crippen LogP contribution in [0.4, 0.5) is 0 Å². The van der Waals surface area contributed by atoms with Crippen molar-refractivity contribution in [2.75, 3.05) is 6.61 Å². The predicted molar refractivity (Wildman–Crippen MR) is 110 cm³/mol. The minimum absolute atomic E-state index is 0.145. The molecule has 2 heterocycles. The number of carbonyl (C=O) groups is 2. The summed E-state index contributed by atoms with van der Waals surface area (Å²) in [5.74, 6) is -0.297. The van der Waals surface area contributed by atoms with Crippen molar-refractivity contribution in [3.05, 3.63) is 70.9 Å². The maximum absolute atomic E-state index is 12.5. The van der Waals surface area contributed by atoms with E-state index in [2.05, 4.69) is 5.48 Å². The number of aromatic nitrogens is 1. The molecule has 29 heavy (non-hydrogen) atoms. The molecule has 1 N–H and O–H groups in total. The number of hydrogen-bond donors (Lipinski definition) is 1. The molecule has 3 aromatic rings. The number of aryl methyl sites for hydroxylation is 2. The van der Waals surface area contributed by atoms with E-state index in [0.717, 1.165) is 41.2 Å². The van der Waals surface area contributed by atoms with Gasteiger partial charge in [0.2, 0.25) is 0 Å². The van der Waals surface area contributed by atoms with Gasteiger partial charge in [-0.2, -0.15) is 0 Å². The Bertz CT molecular complexity index is 1040. The van der Waals surface area contributed by atoms with Crippen LogP contribution in [0.25, 0.3) is 10.9 Å². The van der Waals surface area contributed by atoms with Gasteiger partial charge in [-0.15, -0.1) is 0 Å². The Balaban J connectivity index is 1.66. The van der Waals surface area contributed by atoms with Crippen LogP contribution in [-0.2, 0) is 16.6 Å². The van der Waals surface area contributed by atoms with Gasteiger partial charge in [-0.3, -0.25) is 14.4 Å². The molecular weight excluding hydrogens is 368 g/mol. The average molecular weight is 392 g/mol. The zero-order chi connectivity index (χ0) is 20.4. The Morgan fingerprint density at radius 2 is 2.07 bits per heavy atom. The molecule has 6 nitrogen and oxygen atoms in total. The van der Waals surface area contributed by atoms with Crippen LogP contribution >= 0.6 is 0 Å². The SMILES string of the molecule is Cc1c(C(ONC(=O)c2ccccc2)[C@@H]2CCCO2)ccc2cc(C=O)n(C)c12. The first kappa shape index (κ1) is 19.4. The Kier molecular flexibility index (Phi) is 5.47. The predicted octanol–water partition coefficient (Wildman–Crippen LogP) is 3.88. The standard InChI is InChI=1S/C23H24N2O4/c1-15-19(11-10-17-13-18(14-26)25(2)21(15)17)22(20-9-6-12-28-20)29-24-23(27)16-7-4-3-5-8-16/h3-5,7-8,10-11,13-14,20,22H,6,9,12H2,1-2H3,(H,24,27)/t20-,22?/m0/s1. The summed E-state index contributed by atoms with van der Waals surface area (Å²) in [7, 11) is 1.88. The molecule has 1 fully saturated rings. The molecule has 2 aromatic carbocycles. The van der Waals surface area contributed by atoms with Crippen molar-refractivity contribution in [1.82, 2.24) is 10.0 Å². The number of nitrogens with zero attached hydrogens (tertiary/aromatic N) is 1. The van der Waals surface area contributed by atoms with Crippen molar-refractivity contribution in [3.63, 3.8) is 0 Å². The van der Waals surface area contributed by atoms with Gasteiger partial charge in [0.05, 0.1) is 17.3 Å². The van der Waals surface area contributed by atoms with E-state index >= 15 is 0 Å². The number of fused-ring (bicyclic) bond motifs is 1. The lowest BCUT2D eigenvalue weighted by Gasteiger charge is -2.25. The number of hydroxylamine groups is 1. The maximum Gasteiger partial charge on any atom is 0.274 e. The summed E-state index contributed by atoms with van der Waals surface area (Å²) in [6.45, 7) is 2.69. The second kappa shape index (κ2) is 8.19. The second-order valence-electron chi connectivity index (χ2n) is 7.35. The summed E-state index contributed by atoms with van der Waals surface area (Å²) >= 11 is 0.